The maximum atomic E-state index is 12.9. The predicted octanol–water partition coefficient (Wildman–Crippen LogP) is 6.39. The van der Waals surface area contributed by atoms with Crippen molar-refractivity contribution >= 4 is 29.1 Å². The molecule has 1 N–H and O–H groups in total. The van der Waals surface area contributed by atoms with Gasteiger partial charge in [-0.05, 0) is 61.4 Å². The number of benzene rings is 3. The van der Waals surface area contributed by atoms with Gasteiger partial charge in [0.1, 0.15) is 5.75 Å². The van der Waals surface area contributed by atoms with Crippen molar-refractivity contribution in [3.8, 4) is 5.75 Å². The second kappa shape index (κ2) is 9.21. The van der Waals surface area contributed by atoms with E-state index in [0.717, 1.165) is 50.9 Å². The Morgan fingerprint density at radius 2 is 1.75 bits per heavy atom. The summed E-state index contributed by atoms with van der Waals surface area (Å²) >= 11 is 1.69. The largest absolute Gasteiger partial charge is 0.497 e. The maximum Gasteiger partial charge on any atom is 0.251 e. The molecule has 1 aliphatic carbocycles. The Morgan fingerprint density at radius 1 is 0.969 bits per heavy atom. The Morgan fingerprint density at radius 3 is 2.53 bits per heavy atom. The quantitative estimate of drug-likeness (QED) is 0.398. The first-order chi connectivity index (χ1) is 15.7. The van der Waals surface area contributed by atoms with E-state index in [9.17, 15) is 4.79 Å². The van der Waals surface area contributed by atoms with Gasteiger partial charge in [0.25, 0.3) is 5.91 Å². The highest BCUT2D eigenvalue weighted by molar-refractivity contribution is 7.99. The summed E-state index contributed by atoms with van der Waals surface area (Å²) in [5, 5.41) is 3.22. The van der Waals surface area contributed by atoms with Crippen LogP contribution in [-0.4, -0.2) is 24.8 Å². The molecule has 5 rings (SSSR count). The second-order valence-electron chi connectivity index (χ2n) is 8.28. The Bertz CT molecular complexity index is 1160. The number of aliphatic imine (C=N–C) groups is 1. The number of hydrogen-bond acceptors (Lipinski definition) is 4. The molecular formula is C27H26N2O2S. The van der Waals surface area contributed by atoms with Crippen LogP contribution in [0.5, 0.6) is 5.75 Å². The summed E-state index contributed by atoms with van der Waals surface area (Å²) in [6, 6.07) is 22.4. The fourth-order valence-corrected chi connectivity index (χ4v) is 5.37. The van der Waals surface area contributed by atoms with Crippen molar-refractivity contribution in [1.82, 2.24) is 5.32 Å². The van der Waals surface area contributed by atoms with Gasteiger partial charge in [-0.15, -0.1) is 0 Å². The van der Waals surface area contributed by atoms with Gasteiger partial charge < -0.3 is 10.1 Å². The zero-order valence-corrected chi connectivity index (χ0v) is 19.0. The number of carbonyl (C=O) groups excluding carboxylic acids is 1. The molecule has 0 spiro atoms. The number of amides is 1. The summed E-state index contributed by atoms with van der Waals surface area (Å²) in [6.07, 6.45) is 5.80. The van der Waals surface area contributed by atoms with Crippen molar-refractivity contribution in [2.24, 2.45) is 4.99 Å². The minimum Gasteiger partial charge on any atom is -0.497 e. The molecule has 1 saturated carbocycles. The van der Waals surface area contributed by atoms with E-state index in [2.05, 4.69) is 23.5 Å². The van der Waals surface area contributed by atoms with Crippen LogP contribution in [-0.2, 0) is 0 Å². The Balaban J connectivity index is 1.53. The maximum absolute atomic E-state index is 12.9. The first-order valence-corrected chi connectivity index (χ1v) is 12.0. The first-order valence-electron chi connectivity index (χ1n) is 11.2. The van der Waals surface area contributed by atoms with Crippen LogP contribution in [0.15, 0.2) is 81.5 Å². The third-order valence-electron chi connectivity index (χ3n) is 6.12. The molecule has 1 fully saturated rings. The number of nitrogens with one attached hydrogen (secondary N) is 1. The molecule has 0 radical (unpaired) electrons. The molecule has 3 aromatic rings. The fourth-order valence-electron chi connectivity index (χ4n) is 4.37. The number of fused-ring (bicyclic) bond motifs is 2. The topological polar surface area (TPSA) is 50.7 Å². The average molecular weight is 443 g/mol. The highest BCUT2D eigenvalue weighted by atomic mass is 32.2. The van der Waals surface area contributed by atoms with Crippen molar-refractivity contribution < 1.29 is 9.53 Å². The molecule has 0 saturated heterocycles. The monoisotopic (exact) mass is 442 g/mol. The smallest absolute Gasteiger partial charge is 0.251 e. The lowest BCUT2D eigenvalue weighted by molar-refractivity contribution is 0.0927. The summed E-state index contributed by atoms with van der Waals surface area (Å²) in [4.78, 5) is 20.2. The number of ether oxygens (including phenoxy) is 1. The molecule has 0 bridgehead atoms. The Labute approximate surface area is 193 Å². The van der Waals surface area contributed by atoms with Gasteiger partial charge in [0.15, 0.2) is 0 Å². The van der Waals surface area contributed by atoms with Crippen LogP contribution in [0, 0.1) is 0 Å². The van der Waals surface area contributed by atoms with Crippen molar-refractivity contribution in [1.29, 1.82) is 0 Å². The molecule has 3 aromatic carbocycles. The number of nitrogens with zero attached hydrogens (tertiary/aromatic N) is 1. The summed E-state index contributed by atoms with van der Waals surface area (Å²) in [5.74, 6) is 0.806. The van der Waals surface area contributed by atoms with Gasteiger partial charge in [-0.2, -0.15) is 0 Å². The third-order valence-corrected chi connectivity index (χ3v) is 7.26. The molecule has 1 aliphatic heterocycles. The highest BCUT2D eigenvalue weighted by Gasteiger charge is 2.21. The summed E-state index contributed by atoms with van der Waals surface area (Å²) < 4.78 is 5.32. The van der Waals surface area contributed by atoms with Gasteiger partial charge in [-0.3, -0.25) is 4.79 Å². The second-order valence-corrected chi connectivity index (χ2v) is 9.36. The lowest BCUT2D eigenvalue weighted by Gasteiger charge is -2.22. The molecule has 4 nitrogen and oxygen atoms in total. The predicted molar refractivity (Wildman–Crippen MR) is 130 cm³/mol. The zero-order valence-electron chi connectivity index (χ0n) is 18.1. The van der Waals surface area contributed by atoms with Gasteiger partial charge >= 0.3 is 0 Å². The van der Waals surface area contributed by atoms with Crippen LogP contribution in [0.2, 0.25) is 0 Å². The number of carbonyl (C=O) groups is 1. The van der Waals surface area contributed by atoms with E-state index in [1.165, 1.54) is 19.3 Å². The van der Waals surface area contributed by atoms with Gasteiger partial charge in [-0.1, -0.05) is 49.2 Å². The molecule has 1 amide bonds. The van der Waals surface area contributed by atoms with Crippen molar-refractivity contribution in [2.75, 3.05) is 7.11 Å². The van der Waals surface area contributed by atoms with E-state index in [1.807, 2.05) is 48.5 Å². The van der Waals surface area contributed by atoms with E-state index < -0.39 is 0 Å². The van der Waals surface area contributed by atoms with Crippen molar-refractivity contribution in [2.45, 2.75) is 47.9 Å². The number of methoxy groups -OCH3 is 1. The highest BCUT2D eigenvalue weighted by Crippen LogP contribution is 2.41. The van der Waals surface area contributed by atoms with Crippen LogP contribution < -0.4 is 10.1 Å². The average Bonchev–Trinajstić information content (AvgIpc) is 3.01. The van der Waals surface area contributed by atoms with E-state index in [4.69, 9.17) is 9.73 Å². The van der Waals surface area contributed by atoms with Crippen LogP contribution in [0.3, 0.4) is 0 Å². The first kappa shape index (κ1) is 20.8. The molecule has 32 heavy (non-hydrogen) atoms. The molecule has 2 aliphatic rings. The minimum absolute atomic E-state index is 0.00680. The molecule has 0 aromatic heterocycles. The van der Waals surface area contributed by atoms with E-state index >= 15 is 0 Å². The molecule has 5 heteroatoms. The van der Waals surface area contributed by atoms with Crippen LogP contribution in [0.4, 0.5) is 5.69 Å². The molecular weight excluding hydrogens is 416 g/mol. The van der Waals surface area contributed by atoms with Crippen molar-refractivity contribution in [3.63, 3.8) is 0 Å². The molecule has 0 unspecified atom stereocenters. The standard InChI is InChI=1S/C27H26N2O2S/c1-31-21-14-11-18(12-15-21)26-22-9-5-6-10-24(22)32-25-16-13-19(17-23(25)29-26)27(30)28-20-7-3-2-4-8-20/h5-6,9-17,20H,2-4,7-8H2,1H3,(H,28,30). The van der Waals surface area contributed by atoms with Crippen LogP contribution >= 0.6 is 11.8 Å². The lowest BCUT2D eigenvalue weighted by atomic mass is 9.95. The third kappa shape index (κ3) is 4.30. The normalized spacial score (nSPS) is 15.7. The zero-order chi connectivity index (χ0) is 21.9. The van der Waals surface area contributed by atoms with Gasteiger partial charge in [0, 0.05) is 32.5 Å². The van der Waals surface area contributed by atoms with Gasteiger partial charge in [-0.25, -0.2) is 4.99 Å². The van der Waals surface area contributed by atoms with E-state index in [1.54, 1.807) is 18.9 Å². The minimum atomic E-state index is -0.00680. The molecule has 162 valence electrons. The lowest BCUT2D eigenvalue weighted by Crippen LogP contribution is -2.36. The van der Waals surface area contributed by atoms with E-state index in [0.29, 0.717) is 5.56 Å². The number of rotatable bonds is 4. The Hall–Kier alpha value is -3.05. The van der Waals surface area contributed by atoms with Crippen LogP contribution in [0.1, 0.15) is 53.6 Å². The van der Waals surface area contributed by atoms with E-state index in [-0.39, 0.29) is 11.9 Å². The SMILES string of the molecule is COc1ccc(C2=Nc3cc(C(=O)NC4CCCCC4)ccc3Sc3ccccc32)cc1. The summed E-state index contributed by atoms with van der Waals surface area (Å²) in [6.45, 7) is 0. The Kier molecular flexibility index (Phi) is 5.99. The number of hydrogen-bond donors (Lipinski definition) is 1. The van der Waals surface area contributed by atoms with Gasteiger partial charge in [0.2, 0.25) is 0 Å². The summed E-state index contributed by atoms with van der Waals surface area (Å²) in [7, 11) is 1.67. The fraction of sp³-hybridized carbons (Fsp3) is 0.259. The van der Waals surface area contributed by atoms with Crippen LogP contribution in [0.25, 0.3) is 0 Å². The van der Waals surface area contributed by atoms with Crippen molar-refractivity contribution in [3.05, 3.63) is 83.4 Å². The van der Waals surface area contributed by atoms with Gasteiger partial charge in [0.05, 0.1) is 18.5 Å². The molecule has 1 heterocycles. The molecule has 0 atom stereocenters. The summed E-state index contributed by atoms with van der Waals surface area (Å²) in [5.41, 5.74) is 4.50.